The monoisotopic (exact) mass is 380 g/mol. The Balaban J connectivity index is 2.40. The molecule has 1 aliphatic rings. The Labute approximate surface area is 159 Å². The molecule has 0 radical (unpaired) electrons. The molecule has 1 aromatic rings. The zero-order chi connectivity index (χ0) is 20.0. The van der Waals surface area contributed by atoms with E-state index in [1.165, 1.54) is 14.2 Å². The van der Waals surface area contributed by atoms with Crippen molar-refractivity contribution in [2.45, 2.75) is 32.2 Å². The highest BCUT2D eigenvalue weighted by Crippen LogP contribution is 2.35. The van der Waals surface area contributed by atoms with Crippen LogP contribution in [0, 0.1) is 16.0 Å². The van der Waals surface area contributed by atoms with E-state index in [1.54, 1.807) is 12.1 Å². The van der Waals surface area contributed by atoms with Crippen LogP contribution in [0.15, 0.2) is 18.2 Å². The van der Waals surface area contributed by atoms with Crippen LogP contribution in [0.1, 0.15) is 31.7 Å². The average molecular weight is 380 g/mol. The number of ether oxygens (including phenoxy) is 3. The Bertz CT molecular complexity index is 664. The summed E-state index contributed by atoms with van der Waals surface area (Å²) in [5.74, 6) is -0.386. The molecule has 0 bridgehead atoms. The molecule has 2 rings (SSSR count). The van der Waals surface area contributed by atoms with Crippen LogP contribution in [0.4, 0.5) is 11.4 Å². The summed E-state index contributed by atoms with van der Waals surface area (Å²) < 4.78 is 15.5. The fraction of sp³-hybridized carbons (Fsp3) is 0.632. The largest absolute Gasteiger partial charge is 0.469 e. The van der Waals surface area contributed by atoms with Crippen LogP contribution < -0.4 is 4.90 Å². The first-order valence-corrected chi connectivity index (χ1v) is 9.07. The molecule has 8 heteroatoms. The molecule has 27 heavy (non-hydrogen) atoms. The van der Waals surface area contributed by atoms with Crippen molar-refractivity contribution in [3.05, 3.63) is 33.9 Å². The van der Waals surface area contributed by atoms with Gasteiger partial charge in [0, 0.05) is 25.6 Å². The van der Waals surface area contributed by atoms with Gasteiger partial charge in [-0.15, -0.1) is 0 Å². The van der Waals surface area contributed by atoms with Crippen LogP contribution in [0.5, 0.6) is 0 Å². The number of anilines is 1. The first kappa shape index (κ1) is 21.1. The normalized spacial score (nSPS) is 18.4. The van der Waals surface area contributed by atoms with E-state index in [2.05, 4.69) is 18.7 Å². The minimum atomic E-state index is -0.378. The molecular formula is C19H28N2O6. The Kier molecular flexibility index (Phi) is 7.55. The summed E-state index contributed by atoms with van der Waals surface area (Å²) in [7, 11) is 2.86. The molecule has 1 unspecified atom stereocenters. The number of nitrogens with zero attached hydrogens (tertiary/aromatic N) is 2. The number of esters is 1. The number of morpholine rings is 1. The summed E-state index contributed by atoms with van der Waals surface area (Å²) in [6.07, 6.45) is 0.104. The number of nitro benzene ring substituents is 1. The van der Waals surface area contributed by atoms with Gasteiger partial charge in [0.15, 0.2) is 0 Å². The Morgan fingerprint density at radius 3 is 2.74 bits per heavy atom. The summed E-state index contributed by atoms with van der Waals surface area (Å²) in [5.41, 5.74) is 1.30. The van der Waals surface area contributed by atoms with Crippen molar-refractivity contribution in [1.29, 1.82) is 0 Å². The number of rotatable bonds is 8. The van der Waals surface area contributed by atoms with E-state index in [9.17, 15) is 14.9 Å². The van der Waals surface area contributed by atoms with E-state index in [4.69, 9.17) is 14.2 Å². The standard InChI is InChI=1S/C19H28N2O6/c1-13(2)18-12-27-8-7-20(18)16-6-5-14(9-17(16)21(23)24)15(11-25-3)10-19(22)26-4/h5-6,9,13,15,18H,7-8,10-12H2,1-4H3/t15?,18-/m0/s1. The quantitative estimate of drug-likeness (QED) is 0.389. The molecule has 0 spiro atoms. The number of carbonyl (C=O) groups is 1. The van der Waals surface area contributed by atoms with E-state index in [0.29, 0.717) is 36.9 Å². The molecular weight excluding hydrogens is 352 g/mol. The topological polar surface area (TPSA) is 91.1 Å². The van der Waals surface area contributed by atoms with E-state index >= 15 is 0 Å². The van der Waals surface area contributed by atoms with Crippen LogP contribution in [0.2, 0.25) is 0 Å². The molecule has 0 amide bonds. The lowest BCUT2D eigenvalue weighted by Crippen LogP contribution is -2.48. The molecule has 150 valence electrons. The summed E-state index contributed by atoms with van der Waals surface area (Å²) in [5, 5.41) is 11.8. The molecule has 1 fully saturated rings. The van der Waals surface area contributed by atoms with Gasteiger partial charge in [0.05, 0.1) is 44.3 Å². The van der Waals surface area contributed by atoms with Crippen molar-refractivity contribution in [3.8, 4) is 0 Å². The predicted octanol–water partition coefficient (Wildman–Crippen LogP) is 2.75. The third kappa shape index (κ3) is 5.17. The first-order valence-electron chi connectivity index (χ1n) is 9.07. The zero-order valence-corrected chi connectivity index (χ0v) is 16.3. The SMILES string of the molecule is COCC(CC(=O)OC)c1ccc(N2CCOC[C@H]2C(C)C)c([N+](=O)[O-])c1. The fourth-order valence-corrected chi connectivity index (χ4v) is 3.42. The van der Waals surface area contributed by atoms with Crippen LogP contribution in [0.25, 0.3) is 0 Å². The lowest BCUT2D eigenvalue weighted by Gasteiger charge is -2.39. The highest BCUT2D eigenvalue weighted by Gasteiger charge is 2.31. The Morgan fingerprint density at radius 1 is 1.41 bits per heavy atom. The van der Waals surface area contributed by atoms with Gasteiger partial charge < -0.3 is 19.1 Å². The molecule has 0 aliphatic carbocycles. The predicted molar refractivity (Wildman–Crippen MR) is 101 cm³/mol. The van der Waals surface area contributed by atoms with Crippen molar-refractivity contribution in [1.82, 2.24) is 0 Å². The summed E-state index contributed by atoms with van der Waals surface area (Å²) >= 11 is 0. The van der Waals surface area contributed by atoms with Gasteiger partial charge in [-0.25, -0.2) is 0 Å². The molecule has 1 aromatic carbocycles. The van der Waals surface area contributed by atoms with E-state index in [1.807, 2.05) is 6.07 Å². The van der Waals surface area contributed by atoms with Crippen molar-refractivity contribution in [3.63, 3.8) is 0 Å². The fourth-order valence-electron chi connectivity index (χ4n) is 3.42. The van der Waals surface area contributed by atoms with Crippen molar-refractivity contribution >= 4 is 17.3 Å². The van der Waals surface area contributed by atoms with Crippen LogP contribution in [-0.4, -0.2) is 57.5 Å². The lowest BCUT2D eigenvalue weighted by molar-refractivity contribution is -0.384. The highest BCUT2D eigenvalue weighted by atomic mass is 16.6. The number of benzene rings is 1. The van der Waals surface area contributed by atoms with E-state index in [0.717, 1.165) is 0 Å². The van der Waals surface area contributed by atoms with Gasteiger partial charge in [-0.3, -0.25) is 14.9 Å². The van der Waals surface area contributed by atoms with Crippen LogP contribution >= 0.6 is 0 Å². The molecule has 1 aliphatic heterocycles. The van der Waals surface area contributed by atoms with Crippen molar-refractivity contribution in [2.24, 2.45) is 5.92 Å². The van der Waals surface area contributed by atoms with Gasteiger partial charge in [-0.05, 0) is 17.5 Å². The molecule has 0 saturated carbocycles. The second-order valence-corrected chi connectivity index (χ2v) is 7.02. The van der Waals surface area contributed by atoms with Gasteiger partial charge in [0.2, 0.25) is 0 Å². The number of methoxy groups -OCH3 is 2. The molecule has 1 heterocycles. The smallest absolute Gasteiger partial charge is 0.306 e. The minimum absolute atomic E-state index is 0.0334. The van der Waals surface area contributed by atoms with Gasteiger partial charge >= 0.3 is 5.97 Å². The molecule has 8 nitrogen and oxygen atoms in total. The third-order valence-electron chi connectivity index (χ3n) is 4.92. The maximum atomic E-state index is 11.8. The number of hydrogen-bond donors (Lipinski definition) is 0. The average Bonchev–Trinajstić information content (AvgIpc) is 2.66. The van der Waals surface area contributed by atoms with Crippen LogP contribution in [0.3, 0.4) is 0 Å². The first-order chi connectivity index (χ1) is 12.9. The van der Waals surface area contributed by atoms with Crippen LogP contribution in [-0.2, 0) is 19.0 Å². The van der Waals surface area contributed by atoms with Gasteiger partial charge in [0.1, 0.15) is 5.69 Å². The van der Waals surface area contributed by atoms with Gasteiger partial charge in [-0.1, -0.05) is 19.9 Å². The minimum Gasteiger partial charge on any atom is -0.469 e. The molecule has 0 N–H and O–H groups in total. The van der Waals surface area contributed by atoms with Crippen molar-refractivity contribution < 1.29 is 23.9 Å². The Morgan fingerprint density at radius 2 is 2.15 bits per heavy atom. The molecule has 1 saturated heterocycles. The summed E-state index contributed by atoms with van der Waals surface area (Å²) in [6.45, 7) is 6.13. The lowest BCUT2D eigenvalue weighted by atomic mass is 9.94. The summed E-state index contributed by atoms with van der Waals surface area (Å²) in [4.78, 5) is 25.2. The summed E-state index contributed by atoms with van der Waals surface area (Å²) in [6, 6.07) is 5.23. The highest BCUT2D eigenvalue weighted by molar-refractivity contribution is 5.71. The number of hydrogen-bond acceptors (Lipinski definition) is 7. The maximum absolute atomic E-state index is 11.8. The van der Waals surface area contributed by atoms with Gasteiger partial charge in [-0.2, -0.15) is 0 Å². The second-order valence-electron chi connectivity index (χ2n) is 7.02. The van der Waals surface area contributed by atoms with Crippen molar-refractivity contribution in [2.75, 3.05) is 45.5 Å². The van der Waals surface area contributed by atoms with E-state index < -0.39 is 0 Å². The number of nitro groups is 1. The molecule has 2 atom stereocenters. The Hall–Kier alpha value is -2.19. The van der Waals surface area contributed by atoms with Gasteiger partial charge in [0.25, 0.3) is 5.69 Å². The maximum Gasteiger partial charge on any atom is 0.306 e. The third-order valence-corrected chi connectivity index (χ3v) is 4.92. The molecule has 0 aromatic heterocycles. The van der Waals surface area contributed by atoms with E-state index in [-0.39, 0.29) is 41.6 Å². The zero-order valence-electron chi connectivity index (χ0n) is 16.3. The second kappa shape index (κ2) is 9.66. The number of carbonyl (C=O) groups excluding carboxylic acids is 1.